The number of para-hydroxylation sites is 1. The number of rotatable bonds is 4. The van der Waals surface area contributed by atoms with Crippen LogP contribution in [0.15, 0.2) is 58.1 Å². The zero-order valence-electron chi connectivity index (χ0n) is 15.5. The normalized spacial score (nSPS) is 15.6. The second-order valence-electron chi connectivity index (χ2n) is 6.87. The van der Waals surface area contributed by atoms with Crippen molar-refractivity contribution in [2.24, 2.45) is 0 Å². The Labute approximate surface area is 174 Å². The van der Waals surface area contributed by atoms with Crippen LogP contribution in [0.4, 0.5) is 5.69 Å². The average molecular weight is 424 g/mol. The maximum absolute atomic E-state index is 12.8. The molecular formula is C20H17N5O2S2. The molecule has 0 fully saturated rings. The molecule has 1 amide bonds. The number of amides is 1. The lowest BCUT2D eigenvalue weighted by Crippen LogP contribution is -2.27. The maximum Gasteiger partial charge on any atom is 0.254 e. The number of hydrogen-bond donors (Lipinski definition) is 1. The lowest BCUT2D eigenvalue weighted by Gasteiger charge is -2.14. The molecule has 146 valence electrons. The Balaban J connectivity index is 1.38. The van der Waals surface area contributed by atoms with Crippen LogP contribution in [0.2, 0.25) is 0 Å². The summed E-state index contributed by atoms with van der Waals surface area (Å²) in [6, 6.07) is 8.95. The van der Waals surface area contributed by atoms with Gasteiger partial charge in [0.1, 0.15) is 0 Å². The highest BCUT2D eigenvalue weighted by molar-refractivity contribution is 7.99. The summed E-state index contributed by atoms with van der Waals surface area (Å²) in [5, 5.41) is 5.67. The van der Waals surface area contributed by atoms with Gasteiger partial charge >= 0.3 is 0 Å². The first-order valence-electron chi connectivity index (χ1n) is 9.13. The van der Waals surface area contributed by atoms with Gasteiger partial charge in [0.05, 0.1) is 17.4 Å². The van der Waals surface area contributed by atoms with Crippen molar-refractivity contribution in [2.45, 2.75) is 24.5 Å². The number of aromatic nitrogens is 4. The number of fused-ring (bicyclic) bond motifs is 2. The Bertz CT molecular complexity index is 1260. The molecule has 0 saturated heterocycles. The molecule has 5 rings (SSSR count). The number of nitrogens with one attached hydrogen (secondary N) is 1. The summed E-state index contributed by atoms with van der Waals surface area (Å²) in [6.07, 6.45) is 4.13. The van der Waals surface area contributed by atoms with Gasteiger partial charge in [-0.2, -0.15) is 0 Å². The first kappa shape index (κ1) is 18.1. The first-order valence-corrected chi connectivity index (χ1v) is 11.0. The van der Waals surface area contributed by atoms with Gasteiger partial charge in [-0.1, -0.05) is 30.0 Å². The van der Waals surface area contributed by atoms with Crippen LogP contribution in [-0.2, 0) is 4.79 Å². The smallest absolute Gasteiger partial charge is 0.254 e. The lowest BCUT2D eigenvalue weighted by molar-refractivity contribution is -0.116. The second-order valence-corrected chi connectivity index (χ2v) is 8.73. The monoisotopic (exact) mass is 423 g/mol. The van der Waals surface area contributed by atoms with E-state index >= 15 is 0 Å². The number of nitrogens with zero attached hydrogens (tertiary/aromatic N) is 4. The molecule has 7 nitrogen and oxygen atoms in total. The Morgan fingerprint density at radius 1 is 1.31 bits per heavy atom. The number of carbonyl (C=O) groups is 1. The lowest BCUT2D eigenvalue weighted by atomic mass is 10.1. The summed E-state index contributed by atoms with van der Waals surface area (Å²) in [6.45, 7) is 1.81. The summed E-state index contributed by atoms with van der Waals surface area (Å²) >= 11 is 3.08. The van der Waals surface area contributed by atoms with Gasteiger partial charge in [0.2, 0.25) is 5.91 Å². The third kappa shape index (κ3) is 3.36. The van der Waals surface area contributed by atoms with Crippen LogP contribution in [-0.4, -0.2) is 30.6 Å². The fourth-order valence-electron chi connectivity index (χ4n) is 3.50. The Hall–Kier alpha value is -2.91. The van der Waals surface area contributed by atoms with Crippen molar-refractivity contribution in [1.29, 1.82) is 0 Å². The van der Waals surface area contributed by atoms with E-state index in [2.05, 4.69) is 15.3 Å². The quantitative estimate of drug-likeness (QED) is 0.507. The molecule has 1 N–H and O–H groups in total. The summed E-state index contributed by atoms with van der Waals surface area (Å²) in [4.78, 5) is 35.1. The van der Waals surface area contributed by atoms with E-state index in [0.29, 0.717) is 22.3 Å². The van der Waals surface area contributed by atoms with Crippen LogP contribution in [0.3, 0.4) is 0 Å². The zero-order valence-corrected chi connectivity index (χ0v) is 17.2. The molecule has 0 bridgehead atoms. The molecule has 3 aromatic heterocycles. The summed E-state index contributed by atoms with van der Waals surface area (Å²) in [5.41, 5.74) is 2.99. The Morgan fingerprint density at radius 2 is 2.17 bits per heavy atom. The average Bonchev–Trinajstić information content (AvgIpc) is 3.37. The van der Waals surface area contributed by atoms with E-state index in [4.69, 9.17) is 0 Å². The largest absolute Gasteiger partial charge is 0.325 e. The van der Waals surface area contributed by atoms with E-state index in [-0.39, 0.29) is 23.9 Å². The standard InChI is InChI=1S/C20H17N5O2S2/c1-12-8-18(27)25-13(11-29-20(25)21-12)9-17(26)22-15-5-3-2-4-14(15)16-10-24-6-7-28-19(24)23-16/h2-8,10,13H,9,11H2,1H3,(H,22,26)/t13-/m0/s1. The van der Waals surface area contributed by atoms with Gasteiger partial charge in [-0.25, -0.2) is 9.97 Å². The molecule has 9 heteroatoms. The van der Waals surface area contributed by atoms with E-state index in [0.717, 1.165) is 16.2 Å². The molecule has 4 aromatic rings. The number of hydrogen-bond acceptors (Lipinski definition) is 6. The van der Waals surface area contributed by atoms with Crippen molar-refractivity contribution < 1.29 is 4.79 Å². The molecule has 0 unspecified atom stereocenters. The molecule has 0 radical (unpaired) electrons. The van der Waals surface area contributed by atoms with E-state index in [9.17, 15) is 9.59 Å². The van der Waals surface area contributed by atoms with Crippen LogP contribution in [0.25, 0.3) is 16.2 Å². The van der Waals surface area contributed by atoms with E-state index in [1.54, 1.807) is 22.8 Å². The maximum atomic E-state index is 12.8. The minimum absolute atomic E-state index is 0.103. The SMILES string of the molecule is Cc1cc(=O)n2c(n1)SC[C@@H]2CC(=O)Nc1ccccc1-c1cn2ccsc2n1. The van der Waals surface area contributed by atoms with Crippen LogP contribution in [0, 0.1) is 6.92 Å². The van der Waals surface area contributed by atoms with Crippen LogP contribution in [0.1, 0.15) is 18.2 Å². The number of imidazole rings is 1. The summed E-state index contributed by atoms with van der Waals surface area (Å²) in [7, 11) is 0. The van der Waals surface area contributed by atoms with Crippen molar-refractivity contribution in [1.82, 2.24) is 18.9 Å². The fourth-order valence-corrected chi connectivity index (χ4v) is 5.40. The van der Waals surface area contributed by atoms with Crippen molar-refractivity contribution in [3.8, 4) is 11.3 Å². The number of thioether (sulfide) groups is 1. The summed E-state index contributed by atoms with van der Waals surface area (Å²) in [5.74, 6) is 0.530. The number of benzene rings is 1. The van der Waals surface area contributed by atoms with Gasteiger partial charge in [-0.05, 0) is 13.0 Å². The zero-order chi connectivity index (χ0) is 20.0. The minimum atomic E-state index is -0.194. The Morgan fingerprint density at radius 3 is 3.03 bits per heavy atom. The van der Waals surface area contributed by atoms with Crippen molar-refractivity contribution in [3.05, 3.63) is 64.2 Å². The number of aryl methyl sites for hydroxylation is 1. The van der Waals surface area contributed by atoms with Gasteiger partial charge < -0.3 is 5.32 Å². The molecule has 0 aliphatic carbocycles. The highest BCUT2D eigenvalue weighted by Gasteiger charge is 2.27. The van der Waals surface area contributed by atoms with E-state index in [1.165, 1.54) is 17.8 Å². The molecule has 0 spiro atoms. The molecular weight excluding hydrogens is 406 g/mol. The second kappa shape index (κ2) is 7.16. The highest BCUT2D eigenvalue weighted by Crippen LogP contribution is 2.33. The molecule has 1 aromatic carbocycles. The highest BCUT2D eigenvalue weighted by atomic mass is 32.2. The predicted molar refractivity (Wildman–Crippen MR) is 115 cm³/mol. The van der Waals surface area contributed by atoms with Gasteiger partial charge in [0.25, 0.3) is 5.56 Å². The van der Waals surface area contributed by atoms with Crippen molar-refractivity contribution in [2.75, 3.05) is 11.1 Å². The molecule has 1 atom stereocenters. The van der Waals surface area contributed by atoms with E-state index in [1.807, 2.05) is 46.4 Å². The van der Waals surface area contributed by atoms with Crippen molar-refractivity contribution in [3.63, 3.8) is 0 Å². The predicted octanol–water partition coefficient (Wildman–Crippen LogP) is 3.60. The Kier molecular flexibility index (Phi) is 4.48. The van der Waals surface area contributed by atoms with Crippen molar-refractivity contribution >= 4 is 39.7 Å². The minimum Gasteiger partial charge on any atom is -0.325 e. The molecule has 1 aliphatic rings. The first-order chi connectivity index (χ1) is 14.1. The van der Waals surface area contributed by atoms with Gasteiger partial charge in [0.15, 0.2) is 10.1 Å². The number of carbonyl (C=O) groups excluding carboxylic acids is 1. The fraction of sp³-hybridized carbons (Fsp3) is 0.200. The van der Waals surface area contributed by atoms with Crippen LogP contribution < -0.4 is 10.9 Å². The third-order valence-electron chi connectivity index (χ3n) is 4.81. The van der Waals surface area contributed by atoms with Gasteiger partial charge in [0, 0.05) is 47.3 Å². The number of anilines is 1. The summed E-state index contributed by atoms with van der Waals surface area (Å²) < 4.78 is 3.60. The molecule has 1 aliphatic heterocycles. The third-order valence-corrected chi connectivity index (χ3v) is 6.68. The van der Waals surface area contributed by atoms with Crippen LogP contribution >= 0.6 is 23.1 Å². The molecule has 29 heavy (non-hydrogen) atoms. The topological polar surface area (TPSA) is 81.3 Å². The number of thiazole rings is 1. The van der Waals surface area contributed by atoms with Gasteiger partial charge in [-0.3, -0.25) is 18.6 Å². The van der Waals surface area contributed by atoms with E-state index < -0.39 is 0 Å². The van der Waals surface area contributed by atoms with Crippen LogP contribution in [0.5, 0.6) is 0 Å². The molecule has 4 heterocycles. The van der Waals surface area contributed by atoms with Gasteiger partial charge in [-0.15, -0.1) is 11.3 Å². The molecule has 0 saturated carbocycles.